The number of para-hydroxylation sites is 1. The van der Waals surface area contributed by atoms with Crippen LogP contribution in [0.25, 0.3) is 21.8 Å². The lowest BCUT2D eigenvalue weighted by atomic mass is 9.94. The van der Waals surface area contributed by atoms with Gasteiger partial charge in [-0.3, -0.25) is 0 Å². The van der Waals surface area contributed by atoms with E-state index in [-0.39, 0.29) is 17.8 Å². The first-order valence-electron chi connectivity index (χ1n) is 10.4. The zero-order valence-electron chi connectivity index (χ0n) is 17.1. The minimum Gasteiger partial charge on any atom is -0.457 e. The highest BCUT2D eigenvalue weighted by molar-refractivity contribution is 5.94. The van der Waals surface area contributed by atoms with Crippen molar-refractivity contribution in [1.29, 1.82) is 0 Å². The van der Waals surface area contributed by atoms with Crippen molar-refractivity contribution in [1.82, 2.24) is 10.3 Å². The highest BCUT2D eigenvalue weighted by Gasteiger charge is 2.33. The van der Waals surface area contributed by atoms with Crippen LogP contribution >= 0.6 is 0 Å². The van der Waals surface area contributed by atoms with Gasteiger partial charge in [-0.2, -0.15) is 13.2 Å². The van der Waals surface area contributed by atoms with E-state index >= 15 is 0 Å². The number of allylic oxidation sites excluding steroid dienone is 4. The summed E-state index contributed by atoms with van der Waals surface area (Å²) in [7, 11) is 0. The molecule has 1 saturated heterocycles. The van der Waals surface area contributed by atoms with Gasteiger partial charge in [0.2, 0.25) is 0 Å². The van der Waals surface area contributed by atoms with Gasteiger partial charge in [0.25, 0.3) is 0 Å². The zero-order chi connectivity index (χ0) is 22.3. The van der Waals surface area contributed by atoms with Crippen LogP contribution in [-0.2, 0) is 6.18 Å². The molecule has 32 heavy (non-hydrogen) atoms. The topological polar surface area (TPSA) is 34.1 Å². The Morgan fingerprint density at radius 1 is 0.938 bits per heavy atom. The molecule has 1 aliphatic carbocycles. The highest BCUT2D eigenvalue weighted by Crippen LogP contribution is 2.36. The van der Waals surface area contributed by atoms with E-state index in [9.17, 15) is 17.6 Å². The summed E-state index contributed by atoms with van der Waals surface area (Å²) in [5.74, 6) is 0.622. The molecule has 1 aromatic heterocycles. The first-order chi connectivity index (χ1) is 15.4. The van der Waals surface area contributed by atoms with E-state index in [0.717, 1.165) is 37.6 Å². The van der Waals surface area contributed by atoms with E-state index in [1.54, 1.807) is 30.3 Å². The molecule has 2 heterocycles. The maximum Gasteiger partial charge on any atom is 0.418 e. The lowest BCUT2D eigenvalue weighted by Crippen LogP contribution is -2.24. The number of halogens is 4. The molecule has 0 bridgehead atoms. The Kier molecular flexibility index (Phi) is 5.21. The minimum atomic E-state index is -4.48. The standard InChI is InChI=1S/C25H20F4N2O/c26-19-11-17(15-6-8-30-9-7-15)12-21(14-19)32-20-4-5-23-18(13-20)10-16-2-1-3-22(24(16)31-23)25(27,28)29/h1-5,10,12-14,30H,6-9,11H2. The minimum absolute atomic E-state index is 0.0839. The third-order valence-corrected chi connectivity index (χ3v) is 5.79. The smallest absolute Gasteiger partial charge is 0.418 e. The van der Waals surface area contributed by atoms with Crippen molar-refractivity contribution in [3.05, 3.63) is 82.9 Å². The molecule has 164 valence electrons. The average Bonchev–Trinajstić information content (AvgIpc) is 2.77. The number of alkyl halides is 3. The Labute approximate surface area is 182 Å². The Hall–Kier alpha value is -3.19. The van der Waals surface area contributed by atoms with Crippen molar-refractivity contribution in [2.45, 2.75) is 25.4 Å². The number of nitrogens with zero attached hydrogens (tertiary/aromatic N) is 1. The predicted octanol–water partition coefficient (Wildman–Crippen LogP) is 6.61. The van der Waals surface area contributed by atoms with Crippen LogP contribution in [0.2, 0.25) is 0 Å². The van der Waals surface area contributed by atoms with Crippen LogP contribution in [0, 0.1) is 0 Å². The summed E-state index contributed by atoms with van der Waals surface area (Å²) in [6.07, 6.45) is 0.832. The monoisotopic (exact) mass is 440 g/mol. The van der Waals surface area contributed by atoms with Crippen molar-refractivity contribution in [3.8, 4) is 5.75 Å². The summed E-state index contributed by atoms with van der Waals surface area (Å²) in [6.45, 7) is 1.77. The number of aromatic nitrogens is 1. The van der Waals surface area contributed by atoms with Gasteiger partial charge in [-0.1, -0.05) is 17.7 Å². The number of ether oxygens (including phenoxy) is 1. The SMILES string of the molecule is FC1=CC(Oc2ccc3nc4c(C(F)(F)F)cccc4cc3c2)=CC(=C2CCNCC2)C1. The number of hydrogen-bond acceptors (Lipinski definition) is 3. The Balaban J connectivity index is 1.50. The van der Waals surface area contributed by atoms with Crippen molar-refractivity contribution in [2.75, 3.05) is 13.1 Å². The number of pyridine rings is 1. The van der Waals surface area contributed by atoms with Crippen LogP contribution in [0.1, 0.15) is 24.8 Å². The number of rotatable bonds is 2. The summed E-state index contributed by atoms with van der Waals surface area (Å²) in [6, 6.07) is 10.6. The normalized spacial score (nSPS) is 17.5. The summed E-state index contributed by atoms with van der Waals surface area (Å²) >= 11 is 0. The molecule has 5 rings (SSSR count). The lowest BCUT2D eigenvalue weighted by Gasteiger charge is -2.21. The van der Waals surface area contributed by atoms with Crippen LogP contribution in [0.3, 0.4) is 0 Å². The molecule has 1 aliphatic heterocycles. The van der Waals surface area contributed by atoms with E-state index in [2.05, 4.69) is 10.3 Å². The molecule has 2 aliphatic rings. The van der Waals surface area contributed by atoms with Gasteiger partial charge in [-0.25, -0.2) is 9.37 Å². The van der Waals surface area contributed by atoms with Crippen LogP contribution < -0.4 is 10.1 Å². The number of nitrogens with one attached hydrogen (secondary N) is 1. The summed E-state index contributed by atoms with van der Waals surface area (Å²) in [5, 5.41) is 4.33. The molecule has 0 spiro atoms. The van der Waals surface area contributed by atoms with Gasteiger partial charge in [0.1, 0.15) is 17.3 Å². The zero-order valence-corrected chi connectivity index (χ0v) is 17.1. The van der Waals surface area contributed by atoms with Gasteiger partial charge in [0.15, 0.2) is 0 Å². The maximum absolute atomic E-state index is 14.3. The number of hydrogen-bond donors (Lipinski definition) is 1. The van der Waals surface area contributed by atoms with Crippen molar-refractivity contribution < 1.29 is 22.3 Å². The van der Waals surface area contributed by atoms with Crippen LogP contribution in [0.5, 0.6) is 5.75 Å². The number of benzene rings is 2. The van der Waals surface area contributed by atoms with E-state index in [4.69, 9.17) is 4.74 Å². The fourth-order valence-electron chi connectivity index (χ4n) is 4.26. The van der Waals surface area contributed by atoms with E-state index in [1.807, 2.05) is 6.08 Å². The van der Waals surface area contributed by atoms with Crippen molar-refractivity contribution >= 4 is 21.8 Å². The molecule has 7 heteroatoms. The van der Waals surface area contributed by atoms with Gasteiger partial charge in [-0.05, 0) is 67.9 Å². The quantitative estimate of drug-likeness (QED) is 0.360. The van der Waals surface area contributed by atoms with E-state index in [1.165, 1.54) is 17.7 Å². The third-order valence-electron chi connectivity index (χ3n) is 5.79. The van der Waals surface area contributed by atoms with Crippen LogP contribution in [-0.4, -0.2) is 18.1 Å². The van der Waals surface area contributed by atoms with Crippen molar-refractivity contribution in [2.24, 2.45) is 0 Å². The summed E-state index contributed by atoms with van der Waals surface area (Å²) < 4.78 is 60.2. The molecule has 3 nitrogen and oxygen atoms in total. The molecular weight excluding hydrogens is 420 g/mol. The number of fused-ring (bicyclic) bond motifs is 2. The fraction of sp³-hybridized carbons (Fsp3) is 0.240. The molecular formula is C25H20F4N2O. The maximum atomic E-state index is 14.3. The molecule has 3 aromatic rings. The molecule has 0 atom stereocenters. The second-order valence-corrected chi connectivity index (χ2v) is 8.01. The van der Waals surface area contributed by atoms with E-state index < -0.39 is 11.7 Å². The predicted molar refractivity (Wildman–Crippen MR) is 116 cm³/mol. The van der Waals surface area contributed by atoms with Gasteiger partial charge in [-0.15, -0.1) is 0 Å². The van der Waals surface area contributed by atoms with Gasteiger partial charge in [0, 0.05) is 23.3 Å². The van der Waals surface area contributed by atoms with Crippen LogP contribution in [0.4, 0.5) is 17.6 Å². The fourth-order valence-corrected chi connectivity index (χ4v) is 4.26. The molecule has 1 N–H and O–H groups in total. The van der Waals surface area contributed by atoms with Gasteiger partial charge < -0.3 is 10.1 Å². The number of piperidine rings is 1. The molecule has 1 fully saturated rings. The highest BCUT2D eigenvalue weighted by atomic mass is 19.4. The van der Waals surface area contributed by atoms with E-state index in [0.29, 0.717) is 27.8 Å². The Morgan fingerprint density at radius 3 is 2.53 bits per heavy atom. The molecule has 0 amide bonds. The first kappa shape index (κ1) is 20.7. The third kappa shape index (κ3) is 4.12. The second kappa shape index (κ2) is 8.06. The molecule has 2 aromatic carbocycles. The van der Waals surface area contributed by atoms with Crippen molar-refractivity contribution in [3.63, 3.8) is 0 Å². The van der Waals surface area contributed by atoms with Gasteiger partial charge >= 0.3 is 6.18 Å². The Morgan fingerprint density at radius 2 is 1.75 bits per heavy atom. The first-order valence-corrected chi connectivity index (χ1v) is 10.4. The molecule has 0 unspecified atom stereocenters. The summed E-state index contributed by atoms with van der Waals surface area (Å²) in [5.41, 5.74) is 1.78. The molecule has 0 saturated carbocycles. The van der Waals surface area contributed by atoms with Gasteiger partial charge in [0.05, 0.1) is 16.6 Å². The average molecular weight is 440 g/mol. The largest absolute Gasteiger partial charge is 0.457 e. The lowest BCUT2D eigenvalue weighted by molar-refractivity contribution is -0.136. The summed E-state index contributed by atoms with van der Waals surface area (Å²) in [4.78, 5) is 4.24. The Bertz CT molecular complexity index is 1300. The van der Waals surface area contributed by atoms with Crippen LogP contribution in [0.15, 0.2) is 77.3 Å². The molecule has 0 radical (unpaired) electrons. The second-order valence-electron chi connectivity index (χ2n) is 8.01.